The largest absolute Gasteiger partial charge is 0.481 e. The van der Waals surface area contributed by atoms with Crippen LogP contribution in [-0.4, -0.2) is 23.8 Å². The number of rotatable bonds is 6. The normalized spacial score (nSPS) is 13.3. The van der Waals surface area contributed by atoms with Gasteiger partial charge in [0.15, 0.2) is 0 Å². The van der Waals surface area contributed by atoms with Gasteiger partial charge in [-0.25, -0.2) is 4.39 Å². The number of carboxylic acid groups (broad SMARTS) is 1. The maximum absolute atomic E-state index is 13.6. The van der Waals surface area contributed by atoms with Crippen molar-refractivity contribution in [3.63, 3.8) is 0 Å². The molecule has 1 atom stereocenters. The number of hydrogen-bond acceptors (Lipinski definition) is 2. The highest BCUT2D eigenvalue weighted by atomic mass is 19.1. The van der Waals surface area contributed by atoms with E-state index >= 15 is 0 Å². The highest BCUT2D eigenvalue weighted by molar-refractivity contribution is 5.76. The number of halogens is 1. The van der Waals surface area contributed by atoms with Crippen molar-refractivity contribution >= 4 is 5.97 Å². The second-order valence-corrected chi connectivity index (χ2v) is 4.91. The minimum atomic E-state index is -1.01. The van der Waals surface area contributed by atoms with Gasteiger partial charge in [-0.05, 0) is 32.8 Å². The fraction of sp³-hybridized carbons (Fsp3) is 0.500. The van der Waals surface area contributed by atoms with E-state index < -0.39 is 23.3 Å². The third kappa shape index (κ3) is 3.81. The van der Waals surface area contributed by atoms with Crippen molar-refractivity contribution in [1.29, 1.82) is 0 Å². The standard InChI is InChI=1S/C14H19FO3/c1-14(2,18-3)9-8-11(13(16)17)10-6-4-5-7-12(10)15/h4-7,11H,8-9H2,1-3H3,(H,16,17). The molecule has 0 radical (unpaired) electrons. The average molecular weight is 254 g/mol. The van der Waals surface area contributed by atoms with Gasteiger partial charge in [-0.1, -0.05) is 18.2 Å². The lowest BCUT2D eigenvalue weighted by molar-refractivity contribution is -0.139. The summed E-state index contributed by atoms with van der Waals surface area (Å²) in [5, 5.41) is 9.21. The van der Waals surface area contributed by atoms with E-state index in [4.69, 9.17) is 4.74 Å². The second kappa shape index (κ2) is 5.96. The summed E-state index contributed by atoms with van der Waals surface area (Å²) in [5.41, 5.74) is -0.171. The first-order valence-electron chi connectivity index (χ1n) is 5.90. The van der Waals surface area contributed by atoms with E-state index in [1.165, 1.54) is 12.1 Å². The van der Waals surface area contributed by atoms with E-state index in [0.717, 1.165) is 0 Å². The fourth-order valence-corrected chi connectivity index (χ4v) is 1.76. The summed E-state index contributed by atoms with van der Waals surface area (Å²) in [5.74, 6) is -2.31. The third-order valence-corrected chi connectivity index (χ3v) is 3.17. The van der Waals surface area contributed by atoms with Crippen LogP contribution in [0.2, 0.25) is 0 Å². The lowest BCUT2D eigenvalue weighted by Crippen LogP contribution is -2.25. The minimum Gasteiger partial charge on any atom is -0.481 e. The molecule has 0 heterocycles. The molecule has 100 valence electrons. The third-order valence-electron chi connectivity index (χ3n) is 3.17. The number of benzene rings is 1. The van der Waals surface area contributed by atoms with Gasteiger partial charge in [0.05, 0.1) is 11.5 Å². The summed E-state index contributed by atoms with van der Waals surface area (Å²) in [7, 11) is 1.58. The Balaban J connectivity index is 2.85. The van der Waals surface area contributed by atoms with Gasteiger partial charge in [-0.2, -0.15) is 0 Å². The van der Waals surface area contributed by atoms with Gasteiger partial charge >= 0.3 is 5.97 Å². The van der Waals surface area contributed by atoms with Crippen LogP contribution in [0.4, 0.5) is 4.39 Å². The van der Waals surface area contributed by atoms with Crippen LogP contribution in [-0.2, 0) is 9.53 Å². The van der Waals surface area contributed by atoms with Crippen LogP contribution in [0, 0.1) is 5.82 Å². The Morgan fingerprint density at radius 3 is 2.56 bits per heavy atom. The lowest BCUT2D eigenvalue weighted by atomic mass is 9.89. The van der Waals surface area contributed by atoms with Gasteiger partial charge in [0.2, 0.25) is 0 Å². The van der Waals surface area contributed by atoms with Gasteiger partial charge in [0.25, 0.3) is 0 Å². The average Bonchev–Trinajstić information content (AvgIpc) is 2.31. The monoisotopic (exact) mass is 254 g/mol. The highest BCUT2D eigenvalue weighted by Gasteiger charge is 2.26. The summed E-state index contributed by atoms with van der Waals surface area (Å²) >= 11 is 0. The van der Waals surface area contributed by atoms with Crippen molar-refractivity contribution < 1.29 is 19.0 Å². The molecule has 1 aromatic rings. The van der Waals surface area contributed by atoms with E-state index in [-0.39, 0.29) is 5.56 Å². The molecule has 0 bridgehead atoms. The zero-order chi connectivity index (χ0) is 13.8. The zero-order valence-corrected chi connectivity index (χ0v) is 10.9. The molecule has 0 saturated carbocycles. The molecule has 0 aliphatic carbocycles. The molecule has 0 aliphatic heterocycles. The first-order valence-corrected chi connectivity index (χ1v) is 5.90. The summed E-state index contributed by atoms with van der Waals surface area (Å²) in [6, 6.07) is 6.01. The molecule has 0 saturated heterocycles. The second-order valence-electron chi connectivity index (χ2n) is 4.91. The quantitative estimate of drug-likeness (QED) is 0.848. The van der Waals surface area contributed by atoms with Gasteiger partial charge in [-0.15, -0.1) is 0 Å². The Bertz CT molecular complexity index is 415. The number of ether oxygens (including phenoxy) is 1. The van der Waals surface area contributed by atoms with Crippen LogP contribution in [0.25, 0.3) is 0 Å². The fourth-order valence-electron chi connectivity index (χ4n) is 1.76. The number of hydrogen-bond donors (Lipinski definition) is 1. The summed E-state index contributed by atoms with van der Waals surface area (Å²) in [4.78, 5) is 11.2. The Morgan fingerprint density at radius 1 is 1.44 bits per heavy atom. The topological polar surface area (TPSA) is 46.5 Å². The van der Waals surface area contributed by atoms with Gasteiger partial charge in [-0.3, -0.25) is 4.79 Å². The SMILES string of the molecule is COC(C)(C)CCC(C(=O)O)c1ccccc1F. The molecule has 0 aliphatic rings. The molecular weight excluding hydrogens is 235 g/mol. The van der Waals surface area contributed by atoms with Crippen LogP contribution in [0.3, 0.4) is 0 Å². The van der Waals surface area contributed by atoms with E-state index in [1.807, 2.05) is 13.8 Å². The highest BCUT2D eigenvalue weighted by Crippen LogP contribution is 2.28. The summed E-state index contributed by atoms with van der Waals surface area (Å²) in [6.45, 7) is 3.76. The first kappa shape index (κ1) is 14.6. The van der Waals surface area contributed by atoms with Crippen LogP contribution in [0.1, 0.15) is 38.2 Å². The van der Waals surface area contributed by atoms with Crippen molar-refractivity contribution in [2.75, 3.05) is 7.11 Å². The minimum absolute atomic E-state index is 0.233. The van der Waals surface area contributed by atoms with Crippen molar-refractivity contribution in [1.82, 2.24) is 0 Å². The zero-order valence-electron chi connectivity index (χ0n) is 10.9. The number of carbonyl (C=O) groups is 1. The molecule has 18 heavy (non-hydrogen) atoms. The van der Waals surface area contributed by atoms with Crippen LogP contribution in [0.15, 0.2) is 24.3 Å². The summed E-state index contributed by atoms with van der Waals surface area (Å²) in [6.07, 6.45) is 0.895. The van der Waals surface area contributed by atoms with Gasteiger partial charge in [0, 0.05) is 12.7 Å². The molecule has 0 spiro atoms. The van der Waals surface area contributed by atoms with Crippen molar-refractivity contribution in [2.45, 2.75) is 38.2 Å². The molecule has 1 unspecified atom stereocenters. The van der Waals surface area contributed by atoms with Crippen molar-refractivity contribution in [3.8, 4) is 0 Å². The van der Waals surface area contributed by atoms with Gasteiger partial charge in [0.1, 0.15) is 5.82 Å². The predicted octanol–water partition coefficient (Wildman–Crippen LogP) is 3.20. The Kier molecular flexibility index (Phi) is 4.84. The Labute approximate surface area is 107 Å². The molecule has 4 heteroatoms. The maximum atomic E-state index is 13.6. The molecule has 3 nitrogen and oxygen atoms in total. The van der Waals surface area contributed by atoms with E-state index in [1.54, 1.807) is 19.2 Å². The maximum Gasteiger partial charge on any atom is 0.311 e. The van der Waals surface area contributed by atoms with Crippen LogP contribution < -0.4 is 0 Å². The van der Waals surface area contributed by atoms with Crippen molar-refractivity contribution in [2.24, 2.45) is 0 Å². The molecule has 1 rings (SSSR count). The lowest BCUT2D eigenvalue weighted by Gasteiger charge is -2.24. The van der Waals surface area contributed by atoms with Crippen LogP contribution in [0.5, 0.6) is 0 Å². The molecule has 1 aromatic carbocycles. The van der Waals surface area contributed by atoms with E-state index in [9.17, 15) is 14.3 Å². The molecule has 1 N–H and O–H groups in total. The first-order chi connectivity index (χ1) is 8.37. The summed E-state index contributed by atoms with van der Waals surface area (Å²) < 4.78 is 18.9. The number of methoxy groups -OCH3 is 1. The molecular formula is C14H19FO3. The number of aliphatic carboxylic acids is 1. The molecule has 0 amide bonds. The number of carboxylic acids is 1. The Morgan fingerprint density at radius 2 is 2.06 bits per heavy atom. The van der Waals surface area contributed by atoms with Gasteiger partial charge < -0.3 is 9.84 Å². The van der Waals surface area contributed by atoms with E-state index in [0.29, 0.717) is 12.8 Å². The molecule has 0 aromatic heterocycles. The smallest absolute Gasteiger partial charge is 0.311 e. The van der Waals surface area contributed by atoms with Crippen molar-refractivity contribution in [3.05, 3.63) is 35.6 Å². The predicted molar refractivity (Wildman–Crippen MR) is 67.1 cm³/mol. The van der Waals surface area contributed by atoms with E-state index in [2.05, 4.69) is 0 Å². The molecule has 0 fully saturated rings. The Hall–Kier alpha value is -1.42. The van der Waals surface area contributed by atoms with Crippen LogP contribution >= 0.6 is 0 Å².